The van der Waals surface area contributed by atoms with Crippen LogP contribution < -0.4 is 10.6 Å². The van der Waals surface area contributed by atoms with Crippen LogP contribution in [-0.2, 0) is 5.41 Å². The van der Waals surface area contributed by atoms with Gasteiger partial charge in [-0.25, -0.2) is 4.98 Å². The third-order valence-corrected chi connectivity index (χ3v) is 4.43. The number of aryl methyl sites for hydroxylation is 1. The van der Waals surface area contributed by atoms with Crippen LogP contribution in [0.2, 0.25) is 0 Å². The average Bonchev–Trinajstić information content (AvgIpc) is 3.33. The number of benzene rings is 1. The molecule has 29 heavy (non-hydrogen) atoms. The van der Waals surface area contributed by atoms with Gasteiger partial charge in [-0.15, -0.1) is 10.2 Å². The number of nitrogens with one attached hydrogen (secondary N) is 2. The first-order valence-corrected chi connectivity index (χ1v) is 9.12. The van der Waals surface area contributed by atoms with Crippen molar-refractivity contribution in [1.82, 2.24) is 24.7 Å². The number of aromatic nitrogens is 5. The minimum absolute atomic E-state index is 0.160. The fourth-order valence-electron chi connectivity index (χ4n) is 2.92. The Hall–Kier alpha value is -3.75. The molecular formula is C20H21N7O2. The third-order valence-electron chi connectivity index (χ3n) is 4.43. The smallest absolute Gasteiger partial charge is 0.256 e. The zero-order valence-corrected chi connectivity index (χ0v) is 16.6. The van der Waals surface area contributed by atoms with Crippen LogP contribution in [0, 0.1) is 6.92 Å². The van der Waals surface area contributed by atoms with Gasteiger partial charge in [0.2, 0.25) is 5.65 Å². The molecule has 2 N–H and O–H groups in total. The molecule has 0 aliphatic rings. The van der Waals surface area contributed by atoms with Crippen LogP contribution in [0.15, 0.2) is 47.4 Å². The Morgan fingerprint density at radius 3 is 2.72 bits per heavy atom. The van der Waals surface area contributed by atoms with Crippen molar-refractivity contribution in [2.45, 2.75) is 33.1 Å². The number of anilines is 3. The van der Waals surface area contributed by atoms with Crippen molar-refractivity contribution < 1.29 is 9.32 Å². The first kappa shape index (κ1) is 18.6. The van der Waals surface area contributed by atoms with Crippen molar-refractivity contribution >= 4 is 28.9 Å². The Kier molecular flexibility index (Phi) is 4.50. The summed E-state index contributed by atoms with van der Waals surface area (Å²) in [5.74, 6) is 1.48. The molecule has 0 aliphatic carbocycles. The van der Waals surface area contributed by atoms with Crippen LogP contribution in [-0.4, -0.2) is 30.6 Å². The van der Waals surface area contributed by atoms with E-state index in [4.69, 9.17) is 4.52 Å². The van der Waals surface area contributed by atoms with Gasteiger partial charge in [0, 0.05) is 35.1 Å². The normalized spacial score (nSPS) is 11.6. The summed E-state index contributed by atoms with van der Waals surface area (Å²) in [5.41, 5.74) is 2.65. The van der Waals surface area contributed by atoms with Crippen molar-refractivity contribution in [2.24, 2.45) is 0 Å². The van der Waals surface area contributed by atoms with Gasteiger partial charge >= 0.3 is 0 Å². The zero-order chi connectivity index (χ0) is 20.6. The summed E-state index contributed by atoms with van der Waals surface area (Å²) >= 11 is 0. The summed E-state index contributed by atoms with van der Waals surface area (Å²) < 4.78 is 6.66. The highest BCUT2D eigenvalue weighted by atomic mass is 16.5. The fraction of sp³-hybridized carbons (Fsp3) is 0.250. The molecule has 0 aliphatic heterocycles. The van der Waals surface area contributed by atoms with E-state index in [0.717, 1.165) is 17.1 Å². The maximum absolute atomic E-state index is 12.5. The van der Waals surface area contributed by atoms with E-state index in [2.05, 4.69) is 51.7 Å². The number of carbonyl (C=O) groups excluding carboxylic acids is 1. The van der Waals surface area contributed by atoms with E-state index in [1.807, 2.05) is 23.6 Å². The zero-order valence-electron chi connectivity index (χ0n) is 16.6. The Morgan fingerprint density at radius 2 is 2.00 bits per heavy atom. The largest absolute Gasteiger partial charge is 0.363 e. The van der Waals surface area contributed by atoms with Gasteiger partial charge in [-0.2, -0.15) is 0 Å². The number of hydrogen-bond donors (Lipinski definition) is 2. The van der Waals surface area contributed by atoms with Crippen LogP contribution >= 0.6 is 0 Å². The van der Waals surface area contributed by atoms with Crippen LogP contribution in [0.5, 0.6) is 0 Å². The average molecular weight is 391 g/mol. The molecule has 1 aromatic carbocycles. The number of rotatable bonds is 4. The highest BCUT2D eigenvalue weighted by molar-refractivity contribution is 6.04. The molecule has 1 amide bonds. The van der Waals surface area contributed by atoms with Crippen molar-refractivity contribution in [1.29, 1.82) is 0 Å². The topological polar surface area (TPSA) is 110 Å². The quantitative estimate of drug-likeness (QED) is 0.545. The maximum Gasteiger partial charge on any atom is 0.256 e. The molecule has 4 aromatic rings. The number of fused-ring (bicyclic) bond motifs is 1. The van der Waals surface area contributed by atoms with Gasteiger partial charge in [0.25, 0.3) is 5.91 Å². The van der Waals surface area contributed by atoms with Crippen LogP contribution in [0.1, 0.15) is 42.5 Å². The first-order chi connectivity index (χ1) is 13.8. The van der Waals surface area contributed by atoms with Crippen LogP contribution in [0.4, 0.5) is 17.3 Å². The Labute approximate surface area is 167 Å². The van der Waals surface area contributed by atoms with E-state index in [-0.39, 0.29) is 11.3 Å². The molecular weight excluding hydrogens is 370 g/mol. The van der Waals surface area contributed by atoms with E-state index in [1.165, 1.54) is 6.26 Å². The lowest BCUT2D eigenvalue weighted by Crippen LogP contribution is -2.16. The number of amides is 1. The van der Waals surface area contributed by atoms with E-state index in [9.17, 15) is 4.79 Å². The van der Waals surface area contributed by atoms with Gasteiger partial charge in [0.15, 0.2) is 11.6 Å². The standard InChI is InChI=1S/C20H21N7O2/c1-12-5-6-13(18(28)23-15-7-10-29-26-15)11-14(12)22-16-17-24-25-19(20(2,3)4)27(17)9-8-21-16/h5-11H,1-4H3,(H,21,22)(H,23,26,28). The molecule has 9 heteroatoms. The summed E-state index contributed by atoms with van der Waals surface area (Å²) in [6.45, 7) is 8.19. The second kappa shape index (κ2) is 7.01. The third kappa shape index (κ3) is 3.66. The van der Waals surface area contributed by atoms with Gasteiger partial charge < -0.3 is 15.2 Å². The minimum Gasteiger partial charge on any atom is -0.363 e. The second-order valence-corrected chi connectivity index (χ2v) is 7.74. The highest BCUT2D eigenvalue weighted by Gasteiger charge is 2.22. The SMILES string of the molecule is Cc1ccc(C(=O)Nc2ccon2)cc1Nc1nccn2c(C(C)(C)C)nnc12. The summed E-state index contributed by atoms with van der Waals surface area (Å²) in [4.78, 5) is 16.9. The molecule has 148 valence electrons. The molecule has 9 nitrogen and oxygen atoms in total. The van der Waals surface area contributed by atoms with Gasteiger partial charge in [0.05, 0.1) is 0 Å². The van der Waals surface area contributed by atoms with Crippen molar-refractivity contribution in [3.63, 3.8) is 0 Å². The lowest BCUT2D eigenvalue weighted by molar-refractivity contribution is 0.102. The Balaban J connectivity index is 1.66. The molecule has 0 fully saturated rings. The predicted octanol–water partition coefficient (Wildman–Crippen LogP) is 3.71. The first-order valence-electron chi connectivity index (χ1n) is 9.12. The minimum atomic E-state index is -0.286. The fourth-order valence-corrected chi connectivity index (χ4v) is 2.92. The molecule has 0 unspecified atom stereocenters. The Bertz CT molecular complexity index is 1170. The lowest BCUT2D eigenvalue weighted by atomic mass is 9.96. The molecule has 0 saturated heterocycles. The van der Waals surface area contributed by atoms with E-state index < -0.39 is 0 Å². The molecule has 0 atom stereocenters. The van der Waals surface area contributed by atoms with Gasteiger partial charge in [-0.3, -0.25) is 9.20 Å². The van der Waals surface area contributed by atoms with Crippen molar-refractivity contribution in [3.8, 4) is 0 Å². The van der Waals surface area contributed by atoms with E-state index in [1.54, 1.807) is 24.4 Å². The van der Waals surface area contributed by atoms with E-state index in [0.29, 0.717) is 22.8 Å². The Morgan fingerprint density at radius 1 is 1.17 bits per heavy atom. The summed E-state index contributed by atoms with van der Waals surface area (Å²) in [6.07, 6.45) is 4.94. The summed E-state index contributed by atoms with van der Waals surface area (Å²) in [6, 6.07) is 6.95. The van der Waals surface area contributed by atoms with Crippen molar-refractivity contribution in [3.05, 3.63) is 59.9 Å². The molecule has 4 rings (SSSR count). The predicted molar refractivity (Wildman–Crippen MR) is 108 cm³/mol. The molecule has 0 bridgehead atoms. The monoisotopic (exact) mass is 391 g/mol. The maximum atomic E-state index is 12.5. The highest BCUT2D eigenvalue weighted by Crippen LogP contribution is 2.26. The van der Waals surface area contributed by atoms with Gasteiger partial charge in [0.1, 0.15) is 12.1 Å². The number of hydrogen-bond acceptors (Lipinski definition) is 7. The van der Waals surface area contributed by atoms with Crippen molar-refractivity contribution in [2.75, 3.05) is 10.6 Å². The van der Waals surface area contributed by atoms with Gasteiger partial charge in [-0.05, 0) is 24.6 Å². The second-order valence-electron chi connectivity index (χ2n) is 7.74. The molecule has 0 radical (unpaired) electrons. The number of nitrogens with zero attached hydrogens (tertiary/aromatic N) is 5. The van der Waals surface area contributed by atoms with Crippen LogP contribution in [0.25, 0.3) is 5.65 Å². The summed E-state index contributed by atoms with van der Waals surface area (Å²) in [7, 11) is 0. The molecule has 3 heterocycles. The molecule has 3 aromatic heterocycles. The lowest BCUT2D eigenvalue weighted by Gasteiger charge is -2.16. The molecule has 0 spiro atoms. The van der Waals surface area contributed by atoms with Crippen LogP contribution in [0.3, 0.4) is 0 Å². The van der Waals surface area contributed by atoms with Gasteiger partial charge in [-0.1, -0.05) is 32.0 Å². The summed E-state index contributed by atoms with van der Waals surface area (Å²) in [5, 5.41) is 18.3. The molecule has 0 saturated carbocycles. The van der Waals surface area contributed by atoms with E-state index >= 15 is 0 Å². The number of carbonyl (C=O) groups is 1.